The summed E-state index contributed by atoms with van der Waals surface area (Å²) in [5.41, 5.74) is 3.18. The number of nitrogens with zero attached hydrogens (tertiary/aromatic N) is 2. The second-order valence-electron chi connectivity index (χ2n) is 4.95. The first-order chi connectivity index (χ1) is 10.5. The van der Waals surface area contributed by atoms with Crippen molar-refractivity contribution in [1.29, 1.82) is 0 Å². The van der Waals surface area contributed by atoms with Gasteiger partial charge in [-0.3, -0.25) is 9.48 Å². The standard InChI is InChI=1S/C17H19BrN2O2/c1-5-20-12(3)17(11(2)19-20)15(21)8-6-13-10-14(18)7-9-16(13)22-4/h6-10H,5H2,1-4H3/b8-6-. The molecular formula is C17H19BrN2O2. The van der Waals surface area contributed by atoms with Gasteiger partial charge in [0, 0.05) is 22.3 Å². The zero-order valence-corrected chi connectivity index (χ0v) is 14.8. The van der Waals surface area contributed by atoms with Crippen molar-refractivity contribution < 1.29 is 9.53 Å². The van der Waals surface area contributed by atoms with Gasteiger partial charge in [-0.15, -0.1) is 0 Å². The predicted molar refractivity (Wildman–Crippen MR) is 91.4 cm³/mol. The van der Waals surface area contributed by atoms with E-state index in [4.69, 9.17) is 4.74 Å². The summed E-state index contributed by atoms with van der Waals surface area (Å²) >= 11 is 3.43. The Morgan fingerprint density at radius 3 is 2.73 bits per heavy atom. The van der Waals surface area contributed by atoms with Crippen LogP contribution in [0, 0.1) is 13.8 Å². The van der Waals surface area contributed by atoms with Crippen LogP contribution in [0.2, 0.25) is 0 Å². The van der Waals surface area contributed by atoms with Crippen LogP contribution in [0.3, 0.4) is 0 Å². The topological polar surface area (TPSA) is 44.1 Å². The molecule has 5 heteroatoms. The summed E-state index contributed by atoms with van der Waals surface area (Å²) in [6.07, 6.45) is 3.34. The van der Waals surface area contributed by atoms with E-state index in [1.807, 2.05) is 43.7 Å². The molecule has 0 spiro atoms. The van der Waals surface area contributed by atoms with E-state index in [0.717, 1.165) is 33.7 Å². The highest BCUT2D eigenvalue weighted by Gasteiger charge is 2.16. The maximum atomic E-state index is 12.5. The van der Waals surface area contributed by atoms with Crippen LogP contribution in [-0.2, 0) is 6.54 Å². The van der Waals surface area contributed by atoms with E-state index in [1.165, 1.54) is 0 Å². The highest BCUT2D eigenvalue weighted by atomic mass is 79.9. The molecular weight excluding hydrogens is 344 g/mol. The van der Waals surface area contributed by atoms with Crippen LogP contribution in [0.5, 0.6) is 5.75 Å². The zero-order chi connectivity index (χ0) is 16.3. The zero-order valence-electron chi connectivity index (χ0n) is 13.2. The van der Waals surface area contributed by atoms with E-state index in [0.29, 0.717) is 5.56 Å². The van der Waals surface area contributed by atoms with Gasteiger partial charge >= 0.3 is 0 Å². The lowest BCUT2D eigenvalue weighted by Crippen LogP contribution is -2.02. The lowest BCUT2D eigenvalue weighted by Gasteiger charge is -2.05. The minimum atomic E-state index is -0.0447. The third-order valence-corrected chi connectivity index (χ3v) is 4.03. The number of benzene rings is 1. The Labute approximate surface area is 138 Å². The van der Waals surface area contributed by atoms with E-state index in [9.17, 15) is 4.79 Å². The molecule has 0 N–H and O–H groups in total. The Morgan fingerprint density at radius 2 is 2.14 bits per heavy atom. The van der Waals surface area contributed by atoms with Gasteiger partial charge in [-0.1, -0.05) is 15.9 Å². The first-order valence-corrected chi connectivity index (χ1v) is 7.87. The summed E-state index contributed by atoms with van der Waals surface area (Å²) < 4.78 is 8.09. The molecule has 0 amide bonds. The van der Waals surface area contributed by atoms with E-state index < -0.39 is 0 Å². The Balaban J connectivity index is 2.33. The number of aromatic nitrogens is 2. The highest BCUT2D eigenvalue weighted by molar-refractivity contribution is 9.10. The van der Waals surface area contributed by atoms with E-state index >= 15 is 0 Å². The largest absolute Gasteiger partial charge is 0.496 e. The molecule has 116 valence electrons. The molecule has 1 aromatic heterocycles. The van der Waals surface area contributed by atoms with Crippen molar-refractivity contribution in [2.75, 3.05) is 7.11 Å². The fourth-order valence-corrected chi connectivity index (χ4v) is 2.82. The third kappa shape index (κ3) is 3.30. The van der Waals surface area contributed by atoms with E-state index in [1.54, 1.807) is 19.3 Å². The summed E-state index contributed by atoms with van der Waals surface area (Å²) in [5, 5.41) is 4.38. The van der Waals surface area contributed by atoms with E-state index in [-0.39, 0.29) is 5.78 Å². The van der Waals surface area contributed by atoms with Crippen LogP contribution in [0.1, 0.15) is 34.2 Å². The molecule has 0 bridgehead atoms. The van der Waals surface area contributed by atoms with Crippen LogP contribution in [0.15, 0.2) is 28.7 Å². The molecule has 0 saturated carbocycles. The molecule has 0 aliphatic heterocycles. The number of hydrogen-bond donors (Lipinski definition) is 0. The van der Waals surface area contributed by atoms with E-state index in [2.05, 4.69) is 21.0 Å². The van der Waals surface area contributed by atoms with Crippen molar-refractivity contribution in [2.45, 2.75) is 27.3 Å². The molecule has 0 saturated heterocycles. The van der Waals surface area contributed by atoms with Gasteiger partial charge in [0.15, 0.2) is 5.78 Å². The summed E-state index contributed by atoms with van der Waals surface area (Å²) in [6.45, 7) is 6.54. The number of aryl methyl sites for hydroxylation is 2. The maximum Gasteiger partial charge on any atom is 0.189 e. The molecule has 2 rings (SSSR count). The first-order valence-electron chi connectivity index (χ1n) is 7.07. The predicted octanol–water partition coefficient (Wildman–Crippen LogP) is 4.19. The van der Waals surface area contributed by atoms with Crippen molar-refractivity contribution in [3.63, 3.8) is 0 Å². The second-order valence-corrected chi connectivity index (χ2v) is 5.86. The van der Waals surface area contributed by atoms with Crippen LogP contribution in [0.25, 0.3) is 6.08 Å². The van der Waals surface area contributed by atoms with Gasteiger partial charge in [-0.2, -0.15) is 5.10 Å². The Bertz CT molecular complexity index is 733. The molecule has 0 radical (unpaired) electrons. The van der Waals surface area contributed by atoms with Gasteiger partial charge in [0.2, 0.25) is 0 Å². The lowest BCUT2D eigenvalue weighted by atomic mass is 10.1. The molecule has 22 heavy (non-hydrogen) atoms. The smallest absolute Gasteiger partial charge is 0.189 e. The first kappa shape index (κ1) is 16.5. The average Bonchev–Trinajstić information content (AvgIpc) is 2.79. The molecule has 1 heterocycles. The minimum Gasteiger partial charge on any atom is -0.496 e. The summed E-state index contributed by atoms with van der Waals surface area (Å²) in [6, 6.07) is 5.68. The Morgan fingerprint density at radius 1 is 1.41 bits per heavy atom. The molecule has 0 atom stereocenters. The SMILES string of the molecule is CCn1nc(C)c(C(=O)/C=C\c2cc(Br)ccc2OC)c1C. The minimum absolute atomic E-state index is 0.0447. The molecule has 0 fully saturated rings. The Kier molecular flexibility index (Phi) is 5.19. The van der Waals surface area contributed by atoms with Crippen molar-refractivity contribution in [3.8, 4) is 5.75 Å². The van der Waals surface area contributed by atoms with Crippen molar-refractivity contribution in [2.24, 2.45) is 0 Å². The van der Waals surface area contributed by atoms with Gasteiger partial charge in [0.1, 0.15) is 5.75 Å². The van der Waals surface area contributed by atoms with Gasteiger partial charge in [-0.05, 0) is 51.1 Å². The fraction of sp³-hybridized carbons (Fsp3) is 0.294. The van der Waals surface area contributed by atoms with Crippen molar-refractivity contribution >= 4 is 27.8 Å². The Hall–Kier alpha value is -1.88. The summed E-state index contributed by atoms with van der Waals surface area (Å²) in [7, 11) is 1.61. The number of rotatable bonds is 5. The number of allylic oxidation sites excluding steroid dienone is 1. The molecule has 1 aromatic carbocycles. The second kappa shape index (κ2) is 6.92. The van der Waals surface area contributed by atoms with Gasteiger partial charge < -0.3 is 4.74 Å². The summed E-state index contributed by atoms with van der Waals surface area (Å²) in [5.74, 6) is 0.682. The molecule has 0 aliphatic carbocycles. The van der Waals surface area contributed by atoms with Crippen molar-refractivity contribution in [3.05, 3.63) is 51.3 Å². The lowest BCUT2D eigenvalue weighted by molar-refractivity contribution is 0.104. The number of carbonyl (C=O) groups is 1. The number of carbonyl (C=O) groups excluding carboxylic acids is 1. The summed E-state index contributed by atoms with van der Waals surface area (Å²) in [4.78, 5) is 12.5. The van der Waals surface area contributed by atoms with Gasteiger partial charge in [-0.25, -0.2) is 0 Å². The molecule has 0 aliphatic rings. The van der Waals surface area contributed by atoms with Gasteiger partial charge in [0.05, 0.1) is 18.4 Å². The number of ether oxygens (including phenoxy) is 1. The highest BCUT2D eigenvalue weighted by Crippen LogP contribution is 2.24. The van der Waals surface area contributed by atoms with Crippen LogP contribution in [-0.4, -0.2) is 22.7 Å². The number of halogens is 1. The molecule has 2 aromatic rings. The quantitative estimate of drug-likeness (QED) is 0.591. The monoisotopic (exact) mass is 362 g/mol. The van der Waals surface area contributed by atoms with Crippen LogP contribution in [0.4, 0.5) is 0 Å². The number of ketones is 1. The molecule has 4 nitrogen and oxygen atoms in total. The van der Waals surface area contributed by atoms with Crippen molar-refractivity contribution in [1.82, 2.24) is 9.78 Å². The fourth-order valence-electron chi connectivity index (χ4n) is 2.45. The number of hydrogen-bond acceptors (Lipinski definition) is 3. The van der Waals surface area contributed by atoms with Gasteiger partial charge in [0.25, 0.3) is 0 Å². The number of methoxy groups -OCH3 is 1. The van der Waals surface area contributed by atoms with Crippen LogP contribution >= 0.6 is 15.9 Å². The normalized spacial score (nSPS) is 11.1. The van der Waals surface area contributed by atoms with Crippen LogP contribution < -0.4 is 4.74 Å². The maximum absolute atomic E-state index is 12.5. The third-order valence-electron chi connectivity index (χ3n) is 3.53. The average molecular weight is 363 g/mol. The molecule has 0 unspecified atom stereocenters.